The maximum Gasteiger partial charge on any atom is 0.244 e. The Morgan fingerprint density at radius 1 is 1.39 bits per heavy atom. The Bertz CT molecular complexity index is 307. The molecule has 1 fully saturated rings. The highest BCUT2D eigenvalue weighted by Crippen LogP contribution is 2.14. The number of likely N-dealkylation sites (N-methyl/N-ethyl adjacent to an activating group) is 2. The van der Waals surface area contributed by atoms with Crippen molar-refractivity contribution in [1.82, 2.24) is 15.5 Å². The first kappa shape index (κ1) is 14.9. The fraction of sp³-hybridized carbons (Fsp3) is 0.833. The van der Waals surface area contributed by atoms with Crippen LogP contribution in [0.2, 0.25) is 0 Å². The zero-order valence-electron chi connectivity index (χ0n) is 11.5. The number of rotatable bonds is 5. The second kappa shape index (κ2) is 6.70. The molecule has 104 valence electrons. The Balaban J connectivity index is 2.51. The summed E-state index contributed by atoms with van der Waals surface area (Å²) in [7, 11) is 3.34. The summed E-state index contributed by atoms with van der Waals surface area (Å²) in [5, 5.41) is 5.96. The molecule has 0 aromatic carbocycles. The van der Waals surface area contributed by atoms with Crippen LogP contribution in [0.1, 0.15) is 13.8 Å². The molecule has 1 saturated heterocycles. The first-order valence-corrected chi connectivity index (χ1v) is 6.30. The molecular weight excluding hydrogens is 234 g/mol. The van der Waals surface area contributed by atoms with E-state index in [0.29, 0.717) is 13.2 Å². The molecule has 0 aliphatic carbocycles. The number of hydrogen-bond donors (Lipinski definition) is 2. The van der Waals surface area contributed by atoms with E-state index in [4.69, 9.17) is 4.74 Å². The van der Waals surface area contributed by atoms with Gasteiger partial charge in [-0.25, -0.2) is 0 Å². The summed E-state index contributed by atoms with van der Waals surface area (Å²) >= 11 is 0. The number of amides is 2. The van der Waals surface area contributed by atoms with Crippen molar-refractivity contribution in [3.8, 4) is 0 Å². The Labute approximate surface area is 108 Å². The van der Waals surface area contributed by atoms with Crippen LogP contribution in [0.15, 0.2) is 0 Å². The van der Waals surface area contributed by atoms with Crippen molar-refractivity contribution < 1.29 is 14.3 Å². The van der Waals surface area contributed by atoms with E-state index < -0.39 is 6.04 Å². The number of nitrogens with zero attached hydrogens (tertiary/aromatic N) is 1. The summed E-state index contributed by atoms with van der Waals surface area (Å²) in [4.78, 5) is 25.2. The van der Waals surface area contributed by atoms with E-state index in [1.54, 1.807) is 21.0 Å². The summed E-state index contributed by atoms with van der Waals surface area (Å²) in [5.41, 5.74) is 0. The van der Waals surface area contributed by atoms with Gasteiger partial charge in [-0.15, -0.1) is 0 Å². The maximum absolute atomic E-state index is 12.1. The third kappa shape index (κ3) is 3.68. The zero-order valence-corrected chi connectivity index (χ0v) is 11.5. The molecule has 3 atom stereocenters. The van der Waals surface area contributed by atoms with E-state index in [1.165, 1.54) is 4.90 Å². The number of carbonyl (C=O) groups excluding carboxylic acids is 2. The van der Waals surface area contributed by atoms with Crippen molar-refractivity contribution >= 4 is 11.8 Å². The second-order valence-electron chi connectivity index (χ2n) is 4.77. The summed E-state index contributed by atoms with van der Waals surface area (Å²) in [6.07, 6.45) is 0. The number of carbonyl (C=O) groups is 2. The van der Waals surface area contributed by atoms with Gasteiger partial charge in [-0.2, -0.15) is 0 Å². The van der Waals surface area contributed by atoms with E-state index in [0.717, 1.165) is 6.54 Å². The van der Waals surface area contributed by atoms with Gasteiger partial charge in [-0.05, 0) is 13.5 Å². The van der Waals surface area contributed by atoms with Crippen LogP contribution in [0.4, 0.5) is 0 Å². The molecule has 1 aliphatic heterocycles. The summed E-state index contributed by atoms with van der Waals surface area (Å²) in [6, 6.07) is -0.466. The predicted molar refractivity (Wildman–Crippen MR) is 68.1 cm³/mol. The molecule has 0 aromatic rings. The SMILES string of the molecule is CCNC1COCC1C(=O)NC(C)C(=O)N(C)C. The maximum atomic E-state index is 12.1. The monoisotopic (exact) mass is 257 g/mol. The number of nitrogens with one attached hydrogen (secondary N) is 2. The molecule has 1 rings (SSSR count). The zero-order chi connectivity index (χ0) is 13.7. The normalized spacial score (nSPS) is 24.7. The van der Waals surface area contributed by atoms with Gasteiger partial charge < -0.3 is 20.3 Å². The molecule has 2 N–H and O–H groups in total. The van der Waals surface area contributed by atoms with E-state index >= 15 is 0 Å². The smallest absolute Gasteiger partial charge is 0.244 e. The van der Waals surface area contributed by atoms with Crippen molar-refractivity contribution in [3.63, 3.8) is 0 Å². The minimum Gasteiger partial charge on any atom is -0.379 e. The molecule has 0 radical (unpaired) electrons. The predicted octanol–water partition coefficient (Wildman–Crippen LogP) is -0.796. The van der Waals surface area contributed by atoms with Crippen LogP contribution in [0.5, 0.6) is 0 Å². The van der Waals surface area contributed by atoms with Crippen LogP contribution in [0.25, 0.3) is 0 Å². The van der Waals surface area contributed by atoms with Crippen molar-refractivity contribution in [2.24, 2.45) is 5.92 Å². The summed E-state index contributed by atoms with van der Waals surface area (Å²) in [5.74, 6) is -0.453. The highest BCUT2D eigenvalue weighted by Gasteiger charge is 2.34. The lowest BCUT2D eigenvalue weighted by atomic mass is 10.0. The van der Waals surface area contributed by atoms with Crippen LogP contribution < -0.4 is 10.6 Å². The number of ether oxygens (including phenoxy) is 1. The number of hydrogen-bond acceptors (Lipinski definition) is 4. The first-order valence-electron chi connectivity index (χ1n) is 6.30. The van der Waals surface area contributed by atoms with E-state index in [-0.39, 0.29) is 23.8 Å². The van der Waals surface area contributed by atoms with Crippen molar-refractivity contribution in [2.45, 2.75) is 25.9 Å². The second-order valence-corrected chi connectivity index (χ2v) is 4.77. The third-order valence-corrected chi connectivity index (χ3v) is 3.05. The van der Waals surface area contributed by atoms with Crippen molar-refractivity contribution in [3.05, 3.63) is 0 Å². The van der Waals surface area contributed by atoms with Gasteiger partial charge in [0.2, 0.25) is 11.8 Å². The average molecular weight is 257 g/mol. The minimum absolute atomic E-state index is 0.0386. The van der Waals surface area contributed by atoms with Gasteiger partial charge in [0.15, 0.2) is 0 Å². The summed E-state index contributed by atoms with van der Waals surface area (Å²) in [6.45, 7) is 5.43. The fourth-order valence-corrected chi connectivity index (χ4v) is 2.05. The van der Waals surface area contributed by atoms with Gasteiger partial charge >= 0.3 is 0 Å². The molecule has 0 bridgehead atoms. The lowest BCUT2D eigenvalue weighted by Crippen LogP contribution is -2.50. The Hall–Kier alpha value is -1.14. The van der Waals surface area contributed by atoms with E-state index in [1.807, 2.05) is 6.92 Å². The van der Waals surface area contributed by atoms with Crippen molar-refractivity contribution in [2.75, 3.05) is 33.9 Å². The van der Waals surface area contributed by atoms with Crippen LogP contribution >= 0.6 is 0 Å². The van der Waals surface area contributed by atoms with Gasteiger partial charge in [0.25, 0.3) is 0 Å². The highest BCUT2D eigenvalue weighted by molar-refractivity contribution is 5.88. The molecule has 1 heterocycles. The van der Waals surface area contributed by atoms with Crippen LogP contribution in [-0.2, 0) is 14.3 Å². The Morgan fingerprint density at radius 2 is 2.06 bits per heavy atom. The molecule has 3 unspecified atom stereocenters. The van der Waals surface area contributed by atoms with Crippen LogP contribution in [-0.4, -0.2) is 62.7 Å². The quantitative estimate of drug-likeness (QED) is 0.677. The Kier molecular flexibility index (Phi) is 5.55. The minimum atomic E-state index is -0.504. The standard InChI is InChI=1S/C12H23N3O3/c1-5-13-10-7-18-6-9(10)11(16)14-8(2)12(17)15(3)4/h8-10,13H,5-7H2,1-4H3,(H,14,16). The molecule has 0 aromatic heterocycles. The third-order valence-electron chi connectivity index (χ3n) is 3.05. The largest absolute Gasteiger partial charge is 0.379 e. The average Bonchev–Trinajstić information content (AvgIpc) is 2.76. The van der Waals surface area contributed by atoms with E-state index in [2.05, 4.69) is 10.6 Å². The Morgan fingerprint density at radius 3 is 2.61 bits per heavy atom. The van der Waals surface area contributed by atoms with Gasteiger partial charge in [0.05, 0.1) is 19.1 Å². The molecule has 6 heteroatoms. The molecule has 0 saturated carbocycles. The van der Waals surface area contributed by atoms with Crippen LogP contribution in [0.3, 0.4) is 0 Å². The molecule has 2 amide bonds. The van der Waals surface area contributed by atoms with Gasteiger partial charge in [-0.3, -0.25) is 9.59 Å². The molecule has 6 nitrogen and oxygen atoms in total. The van der Waals surface area contributed by atoms with Gasteiger partial charge in [0, 0.05) is 20.1 Å². The lowest BCUT2D eigenvalue weighted by molar-refractivity contribution is -0.135. The van der Waals surface area contributed by atoms with Crippen molar-refractivity contribution in [1.29, 1.82) is 0 Å². The van der Waals surface area contributed by atoms with Crippen LogP contribution in [0, 0.1) is 5.92 Å². The molecular formula is C12H23N3O3. The van der Waals surface area contributed by atoms with E-state index in [9.17, 15) is 9.59 Å². The van der Waals surface area contributed by atoms with Gasteiger partial charge in [0.1, 0.15) is 6.04 Å². The molecule has 1 aliphatic rings. The lowest BCUT2D eigenvalue weighted by Gasteiger charge is -2.22. The molecule has 0 spiro atoms. The first-order chi connectivity index (χ1) is 8.47. The fourth-order valence-electron chi connectivity index (χ4n) is 2.05. The molecule has 18 heavy (non-hydrogen) atoms. The topological polar surface area (TPSA) is 70.7 Å². The summed E-state index contributed by atoms with van der Waals surface area (Å²) < 4.78 is 5.31. The highest BCUT2D eigenvalue weighted by atomic mass is 16.5. The van der Waals surface area contributed by atoms with Gasteiger partial charge in [-0.1, -0.05) is 6.92 Å².